The molecule has 2 bridgehead atoms. The molecule has 0 spiro atoms. The number of carbonyl (C=O) groups excluding carboxylic acids is 3. The molecular formula is C31H36FN3O3S. The second-order valence-electron chi connectivity index (χ2n) is 12.4. The first-order valence-corrected chi connectivity index (χ1v) is 15.0. The Balaban J connectivity index is 1.09. The van der Waals surface area contributed by atoms with E-state index in [1.165, 1.54) is 35.8 Å². The van der Waals surface area contributed by atoms with Crippen LogP contribution in [0, 0.1) is 22.6 Å². The van der Waals surface area contributed by atoms with Crippen LogP contribution in [-0.4, -0.2) is 34.7 Å². The molecule has 2 aromatic carbocycles. The van der Waals surface area contributed by atoms with Crippen molar-refractivity contribution >= 4 is 29.5 Å². The van der Waals surface area contributed by atoms with Crippen molar-refractivity contribution in [3.05, 3.63) is 64.5 Å². The zero-order chi connectivity index (χ0) is 27.5. The first-order chi connectivity index (χ1) is 18.6. The van der Waals surface area contributed by atoms with E-state index >= 15 is 0 Å². The number of rotatable bonds is 7. The van der Waals surface area contributed by atoms with Gasteiger partial charge in [-0.3, -0.25) is 19.7 Å². The lowest BCUT2D eigenvalue weighted by molar-refractivity contribution is -0.136. The highest BCUT2D eigenvalue weighted by atomic mass is 32.2. The second kappa shape index (κ2) is 9.73. The number of benzene rings is 2. The number of hydrogen-bond acceptors (Lipinski definition) is 5. The summed E-state index contributed by atoms with van der Waals surface area (Å²) in [5.74, 6) is -0.376. The van der Waals surface area contributed by atoms with Crippen molar-refractivity contribution in [2.24, 2.45) is 16.7 Å². The maximum absolute atomic E-state index is 14.7. The number of amides is 3. The Morgan fingerprint density at radius 1 is 1.05 bits per heavy atom. The van der Waals surface area contributed by atoms with Crippen molar-refractivity contribution in [2.75, 3.05) is 0 Å². The van der Waals surface area contributed by atoms with Crippen molar-refractivity contribution in [2.45, 2.75) is 88.7 Å². The first-order valence-electron chi connectivity index (χ1n) is 14.0. The van der Waals surface area contributed by atoms with Gasteiger partial charge in [0.25, 0.3) is 5.91 Å². The largest absolute Gasteiger partial charge is 0.322 e. The Morgan fingerprint density at radius 3 is 2.46 bits per heavy atom. The molecule has 2 heterocycles. The smallest absolute Gasteiger partial charge is 0.258 e. The Hall–Kier alpha value is -2.71. The molecule has 4 atom stereocenters. The molecule has 3 amide bonds. The van der Waals surface area contributed by atoms with E-state index in [1.807, 2.05) is 0 Å². The van der Waals surface area contributed by atoms with E-state index in [-0.39, 0.29) is 30.9 Å². The van der Waals surface area contributed by atoms with E-state index in [1.54, 1.807) is 17.8 Å². The molecule has 4 aliphatic rings. The Bertz CT molecular complexity index is 1340. The fourth-order valence-electron chi connectivity index (χ4n) is 7.41. The number of hydrogen-bond donors (Lipinski definition) is 2. The number of nitrogens with zero attached hydrogens (tertiary/aromatic N) is 1. The maximum atomic E-state index is 14.7. The minimum Gasteiger partial charge on any atom is -0.322 e. The molecule has 2 saturated carbocycles. The standard InChI is InChI=1S/C31H36FN3O3S/c1-30(2)20-12-13-31(30,3)25(14-20)33-15-18-4-6-19(7-5-18)17-39-24-10-8-22(32)27-21(24)16-35(29(27)38)23-9-11-26(36)34-28(23)37/h4-8,10,20,23,25,33H,9,11-17H2,1-3H3,(H,34,36,37)/t20-,23?,25+,31+/m1/s1. The highest BCUT2D eigenvalue weighted by Crippen LogP contribution is 2.65. The van der Waals surface area contributed by atoms with Crippen molar-refractivity contribution in [3.8, 4) is 0 Å². The van der Waals surface area contributed by atoms with Crippen LogP contribution < -0.4 is 10.6 Å². The molecule has 3 fully saturated rings. The lowest BCUT2D eigenvalue weighted by Crippen LogP contribution is -2.52. The van der Waals surface area contributed by atoms with Gasteiger partial charge in [-0.05, 0) is 65.7 Å². The van der Waals surface area contributed by atoms with Crippen LogP contribution in [0.2, 0.25) is 0 Å². The van der Waals surface area contributed by atoms with Crippen LogP contribution in [0.4, 0.5) is 4.39 Å². The molecular weight excluding hydrogens is 513 g/mol. The summed E-state index contributed by atoms with van der Waals surface area (Å²) in [6.07, 6.45) is 4.36. The van der Waals surface area contributed by atoms with Crippen LogP contribution in [0.25, 0.3) is 0 Å². The molecule has 39 heavy (non-hydrogen) atoms. The predicted octanol–water partition coefficient (Wildman–Crippen LogP) is 5.18. The summed E-state index contributed by atoms with van der Waals surface area (Å²) in [7, 11) is 0. The van der Waals surface area contributed by atoms with E-state index in [2.05, 4.69) is 55.7 Å². The average molecular weight is 550 g/mol. The van der Waals surface area contributed by atoms with Gasteiger partial charge in [0.2, 0.25) is 11.8 Å². The quantitative estimate of drug-likeness (QED) is 0.368. The number of fused-ring (bicyclic) bond motifs is 3. The van der Waals surface area contributed by atoms with E-state index in [4.69, 9.17) is 0 Å². The molecule has 2 aromatic rings. The number of nitrogens with one attached hydrogen (secondary N) is 2. The molecule has 8 heteroatoms. The molecule has 6 nitrogen and oxygen atoms in total. The molecule has 0 aromatic heterocycles. The fourth-order valence-corrected chi connectivity index (χ4v) is 8.43. The third-order valence-electron chi connectivity index (χ3n) is 10.4. The zero-order valence-electron chi connectivity index (χ0n) is 22.8. The number of thioether (sulfide) groups is 1. The van der Waals surface area contributed by atoms with Gasteiger partial charge in [-0.15, -0.1) is 11.8 Å². The minimum absolute atomic E-state index is 0.0450. The molecule has 2 aliphatic heterocycles. The van der Waals surface area contributed by atoms with Gasteiger partial charge in [0.15, 0.2) is 0 Å². The third-order valence-corrected chi connectivity index (χ3v) is 11.5. The van der Waals surface area contributed by atoms with Crippen LogP contribution in [0.1, 0.15) is 79.9 Å². The van der Waals surface area contributed by atoms with E-state index in [0.29, 0.717) is 28.2 Å². The van der Waals surface area contributed by atoms with Crippen molar-refractivity contribution < 1.29 is 18.8 Å². The van der Waals surface area contributed by atoms with Gasteiger partial charge >= 0.3 is 0 Å². The summed E-state index contributed by atoms with van der Waals surface area (Å²) >= 11 is 1.57. The van der Waals surface area contributed by atoms with Gasteiger partial charge in [0, 0.05) is 41.8 Å². The van der Waals surface area contributed by atoms with Crippen LogP contribution in [0.5, 0.6) is 0 Å². The van der Waals surface area contributed by atoms with Crippen molar-refractivity contribution in [3.63, 3.8) is 0 Å². The van der Waals surface area contributed by atoms with Gasteiger partial charge in [-0.25, -0.2) is 4.39 Å². The van der Waals surface area contributed by atoms with E-state index in [9.17, 15) is 18.8 Å². The summed E-state index contributed by atoms with van der Waals surface area (Å²) in [5.41, 5.74) is 3.85. The van der Waals surface area contributed by atoms with Crippen LogP contribution >= 0.6 is 11.8 Å². The van der Waals surface area contributed by atoms with Gasteiger partial charge in [-0.1, -0.05) is 45.0 Å². The maximum Gasteiger partial charge on any atom is 0.258 e. The van der Waals surface area contributed by atoms with Gasteiger partial charge in [-0.2, -0.15) is 0 Å². The predicted molar refractivity (Wildman–Crippen MR) is 148 cm³/mol. The number of piperidine rings is 1. The Kier molecular flexibility index (Phi) is 6.62. The third kappa shape index (κ3) is 4.40. The minimum atomic E-state index is -0.755. The lowest BCUT2D eigenvalue weighted by Gasteiger charge is -2.39. The Labute approximate surface area is 233 Å². The fraction of sp³-hybridized carbons (Fsp3) is 0.516. The van der Waals surface area contributed by atoms with E-state index < -0.39 is 23.7 Å². The number of imide groups is 1. The summed E-state index contributed by atoms with van der Waals surface area (Å²) in [4.78, 5) is 39.2. The molecule has 2 aliphatic carbocycles. The number of halogens is 1. The van der Waals surface area contributed by atoms with Crippen LogP contribution in [0.15, 0.2) is 41.3 Å². The molecule has 2 N–H and O–H groups in total. The SMILES string of the molecule is CC1(C)[C@@H]2CC[C@@]1(C)[C@@H](NCc1ccc(CSc3ccc(F)c4c3CN(C3CCC(=O)NC3=O)C4=O)cc1)C2. The summed E-state index contributed by atoms with van der Waals surface area (Å²) in [6, 6.07) is 11.5. The Morgan fingerprint density at radius 2 is 1.79 bits per heavy atom. The topological polar surface area (TPSA) is 78.5 Å². The summed E-state index contributed by atoms with van der Waals surface area (Å²) < 4.78 is 14.7. The monoisotopic (exact) mass is 549 g/mol. The van der Waals surface area contributed by atoms with Gasteiger partial charge < -0.3 is 10.2 Å². The normalized spacial score (nSPS) is 29.2. The molecule has 206 valence electrons. The molecule has 0 radical (unpaired) electrons. The van der Waals surface area contributed by atoms with Gasteiger partial charge in [0.05, 0.1) is 5.56 Å². The van der Waals surface area contributed by atoms with Gasteiger partial charge in [0.1, 0.15) is 11.9 Å². The molecule has 1 unspecified atom stereocenters. The number of carbonyl (C=O) groups is 3. The van der Waals surface area contributed by atoms with Crippen molar-refractivity contribution in [1.82, 2.24) is 15.5 Å². The summed E-state index contributed by atoms with van der Waals surface area (Å²) in [5, 5.41) is 6.15. The first kappa shape index (κ1) is 26.5. The average Bonchev–Trinajstić information content (AvgIpc) is 3.43. The van der Waals surface area contributed by atoms with Crippen LogP contribution in [0.3, 0.4) is 0 Å². The molecule has 1 saturated heterocycles. The zero-order valence-corrected chi connectivity index (χ0v) is 23.6. The molecule has 6 rings (SSSR count). The van der Waals surface area contributed by atoms with Crippen LogP contribution in [-0.2, 0) is 28.4 Å². The van der Waals surface area contributed by atoms with Crippen molar-refractivity contribution in [1.29, 1.82) is 0 Å². The summed E-state index contributed by atoms with van der Waals surface area (Å²) in [6.45, 7) is 8.38. The highest BCUT2D eigenvalue weighted by Gasteiger charge is 2.61. The highest BCUT2D eigenvalue weighted by molar-refractivity contribution is 7.98. The van der Waals surface area contributed by atoms with E-state index in [0.717, 1.165) is 22.9 Å². The second-order valence-corrected chi connectivity index (χ2v) is 13.5. The lowest BCUT2D eigenvalue weighted by atomic mass is 9.69.